The first kappa shape index (κ1) is 18.6. The van der Waals surface area contributed by atoms with Crippen LogP contribution in [0.2, 0.25) is 0 Å². The molecule has 0 spiro atoms. The number of hydrogen-bond acceptors (Lipinski definition) is 3. The zero-order valence-electron chi connectivity index (χ0n) is 14.9. The molecule has 0 bridgehead atoms. The number of nitrogens with zero attached hydrogens (tertiary/aromatic N) is 2. The number of fused-ring (bicyclic) bond motifs is 1. The summed E-state index contributed by atoms with van der Waals surface area (Å²) in [4.78, 5) is 28.8. The first-order chi connectivity index (χ1) is 12.5. The summed E-state index contributed by atoms with van der Waals surface area (Å²) < 4.78 is 1.03. The van der Waals surface area contributed by atoms with Crippen LogP contribution in [0.1, 0.15) is 18.9 Å². The number of likely N-dealkylation sites (N-methyl/N-ethyl adjacent to an activating group) is 1. The Bertz CT molecular complexity index is 824. The third-order valence-electron chi connectivity index (χ3n) is 4.43. The quantitative estimate of drug-likeness (QED) is 0.828. The van der Waals surface area contributed by atoms with Gasteiger partial charge in [0.05, 0.1) is 17.9 Å². The average Bonchev–Trinajstić information content (AvgIpc) is 2.71. The van der Waals surface area contributed by atoms with Crippen LogP contribution in [-0.4, -0.2) is 36.3 Å². The summed E-state index contributed by atoms with van der Waals surface area (Å²) in [6.45, 7) is 2.84. The molecule has 2 aromatic rings. The van der Waals surface area contributed by atoms with E-state index in [1.807, 2.05) is 67.4 Å². The molecule has 0 unspecified atom stereocenters. The Labute approximate surface area is 162 Å². The van der Waals surface area contributed by atoms with E-state index < -0.39 is 0 Å². The van der Waals surface area contributed by atoms with Crippen LogP contribution in [0.15, 0.2) is 53.0 Å². The summed E-state index contributed by atoms with van der Waals surface area (Å²) in [6, 6.07) is 15.2. The smallest absolute Gasteiger partial charge is 0.241 e. The monoisotopic (exact) mass is 415 g/mol. The first-order valence-electron chi connectivity index (χ1n) is 8.58. The van der Waals surface area contributed by atoms with E-state index in [1.54, 1.807) is 4.90 Å². The van der Waals surface area contributed by atoms with Crippen LogP contribution in [-0.2, 0) is 16.1 Å². The largest absolute Gasteiger partial charge is 0.324 e. The lowest BCUT2D eigenvalue weighted by Crippen LogP contribution is -2.44. The van der Waals surface area contributed by atoms with Crippen molar-refractivity contribution in [3.8, 4) is 0 Å². The molecule has 0 aromatic heterocycles. The van der Waals surface area contributed by atoms with E-state index in [9.17, 15) is 9.59 Å². The molecule has 0 saturated carbocycles. The van der Waals surface area contributed by atoms with Gasteiger partial charge in [-0.25, -0.2) is 0 Å². The maximum atomic E-state index is 13.0. The number of para-hydroxylation sites is 2. The number of rotatable bonds is 4. The van der Waals surface area contributed by atoms with Crippen LogP contribution in [0.5, 0.6) is 0 Å². The van der Waals surface area contributed by atoms with Crippen LogP contribution in [0.3, 0.4) is 0 Å². The molecule has 26 heavy (non-hydrogen) atoms. The summed E-state index contributed by atoms with van der Waals surface area (Å²) in [5, 5.41) is 2.89. The molecule has 0 saturated heterocycles. The van der Waals surface area contributed by atoms with Crippen LogP contribution in [0.4, 0.5) is 11.4 Å². The molecule has 3 rings (SSSR count). The molecule has 0 fully saturated rings. The number of amides is 2. The fraction of sp³-hybridized carbons (Fsp3) is 0.300. The van der Waals surface area contributed by atoms with Gasteiger partial charge in [0.2, 0.25) is 11.8 Å². The Balaban J connectivity index is 1.78. The van der Waals surface area contributed by atoms with Gasteiger partial charge in [0.1, 0.15) is 0 Å². The van der Waals surface area contributed by atoms with Gasteiger partial charge in [-0.2, -0.15) is 0 Å². The standard InChI is InChI=1S/C20H22BrN3O2/c1-14-11-19(25)22-17-9-5-6-10-18(17)24(14)20(26)13-23(2)12-15-7-3-4-8-16(15)21/h3-10,14H,11-13H2,1-2H3,(H,22,25)/t14-/m0/s1. The van der Waals surface area contributed by atoms with Crippen molar-refractivity contribution in [2.45, 2.75) is 25.9 Å². The predicted octanol–water partition coefficient (Wildman–Crippen LogP) is 3.64. The molecule has 5 nitrogen and oxygen atoms in total. The lowest BCUT2D eigenvalue weighted by molar-refractivity contribution is -0.120. The number of benzene rings is 2. The van der Waals surface area contributed by atoms with Crippen molar-refractivity contribution in [1.29, 1.82) is 0 Å². The minimum absolute atomic E-state index is 0.0176. The van der Waals surface area contributed by atoms with E-state index in [1.165, 1.54) is 0 Å². The molecule has 1 atom stereocenters. The highest BCUT2D eigenvalue weighted by Gasteiger charge is 2.29. The van der Waals surface area contributed by atoms with E-state index in [0.29, 0.717) is 12.2 Å². The van der Waals surface area contributed by atoms with Crippen molar-refractivity contribution in [3.63, 3.8) is 0 Å². The van der Waals surface area contributed by atoms with Crippen molar-refractivity contribution < 1.29 is 9.59 Å². The number of carbonyl (C=O) groups excluding carboxylic acids is 2. The summed E-state index contributed by atoms with van der Waals surface area (Å²) in [7, 11) is 1.93. The highest BCUT2D eigenvalue weighted by atomic mass is 79.9. The number of carbonyl (C=O) groups is 2. The molecular weight excluding hydrogens is 394 g/mol. The maximum Gasteiger partial charge on any atom is 0.241 e. The Morgan fingerprint density at radius 2 is 1.92 bits per heavy atom. The number of hydrogen-bond donors (Lipinski definition) is 1. The van der Waals surface area contributed by atoms with E-state index in [4.69, 9.17) is 0 Å². The second-order valence-electron chi connectivity index (χ2n) is 6.65. The second kappa shape index (κ2) is 8.01. The van der Waals surface area contributed by atoms with E-state index in [0.717, 1.165) is 15.7 Å². The molecule has 2 aromatic carbocycles. The summed E-state index contributed by atoms with van der Waals surface area (Å²) in [5.41, 5.74) is 2.57. The molecule has 1 N–H and O–H groups in total. The Hall–Kier alpha value is -2.18. The highest BCUT2D eigenvalue weighted by molar-refractivity contribution is 9.10. The Morgan fingerprint density at radius 3 is 2.69 bits per heavy atom. The SMILES string of the molecule is C[C@H]1CC(=O)Nc2ccccc2N1C(=O)CN(C)Cc1ccccc1Br. The fourth-order valence-electron chi connectivity index (χ4n) is 3.25. The molecule has 2 amide bonds. The molecule has 1 aliphatic rings. The molecule has 0 aliphatic carbocycles. The van der Waals surface area contributed by atoms with Crippen LogP contribution < -0.4 is 10.2 Å². The maximum absolute atomic E-state index is 13.0. The van der Waals surface area contributed by atoms with Gasteiger partial charge in [0, 0.05) is 23.5 Å². The van der Waals surface area contributed by atoms with E-state index in [2.05, 4.69) is 21.2 Å². The van der Waals surface area contributed by atoms with Crippen molar-refractivity contribution in [1.82, 2.24) is 4.90 Å². The molecular formula is C20H22BrN3O2. The van der Waals surface area contributed by atoms with Crippen molar-refractivity contribution >= 4 is 39.1 Å². The van der Waals surface area contributed by atoms with E-state index >= 15 is 0 Å². The Morgan fingerprint density at radius 1 is 1.23 bits per heavy atom. The highest BCUT2D eigenvalue weighted by Crippen LogP contribution is 2.31. The van der Waals surface area contributed by atoms with Gasteiger partial charge in [0.15, 0.2) is 0 Å². The van der Waals surface area contributed by atoms with Crippen molar-refractivity contribution in [3.05, 3.63) is 58.6 Å². The lowest BCUT2D eigenvalue weighted by Gasteiger charge is -2.29. The minimum Gasteiger partial charge on any atom is -0.324 e. The molecule has 0 radical (unpaired) electrons. The lowest BCUT2D eigenvalue weighted by atomic mass is 10.1. The zero-order chi connectivity index (χ0) is 18.7. The van der Waals surface area contributed by atoms with Gasteiger partial charge in [-0.3, -0.25) is 14.5 Å². The molecule has 6 heteroatoms. The topological polar surface area (TPSA) is 52.7 Å². The van der Waals surface area contributed by atoms with Gasteiger partial charge in [-0.15, -0.1) is 0 Å². The van der Waals surface area contributed by atoms with Gasteiger partial charge < -0.3 is 10.2 Å². The second-order valence-corrected chi connectivity index (χ2v) is 7.50. The third-order valence-corrected chi connectivity index (χ3v) is 5.20. The number of halogens is 1. The predicted molar refractivity (Wildman–Crippen MR) is 107 cm³/mol. The normalized spacial score (nSPS) is 16.8. The molecule has 136 valence electrons. The number of nitrogens with one attached hydrogen (secondary N) is 1. The van der Waals surface area contributed by atoms with Crippen molar-refractivity contribution in [2.24, 2.45) is 0 Å². The van der Waals surface area contributed by atoms with E-state index in [-0.39, 0.29) is 30.8 Å². The van der Waals surface area contributed by atoms with Gasteiger partial charge in [0.25, 0.3) is 0 Å². The van der Waals surface area contributed by atoms with Crippen LogP contribution in [0.25, 0.3) is 0 Å². The summed E-state index contributed by atoms with van der Waals surface area (Å²) in [5.74, 6) is -0.0853. The minimum atomic E-state index is -0.192. The molecule has 1 heterocycles. The first-order valence-corrected chi connectivity index (χ1v) is 9.38. The van der Waals surface area contributed by atoms with Gasteiger partial charge in [-0.05, 0) is 37.7 Å². The Kier molecular flexibility index (Phi) is 5.74. The number of anilines is 2. The van der Waals surface area contributed by atoms with Crippen molar-refractivity contribution in [2.75, 3.05) is 23.8 Å². The fourth-order valence-corrected chi connectivity index (χ4v) is 3.66. The summed E-state index contributed by atoms with van der Waals surface area (Å²) >= 11 is 3.55. The molecule has 1 aliphatic heterocycles. The van der Waals surface area contributed by atoms with Crippen LogP contribution >= 0.6 is 15.9 Å². The third kappa shape index (κ3) is 4.14. The zero-order valence-corrected chi connectivity index (χ0v) is 16.5. The average molecular weight is 416 g/mol. The summed E-state index contributed by atoms with van der Waals surface area (Å²) in [6.07, 6.45) is 0.286. The van der Waals surface area contributed by atoms with Gasteiger partial charge >= 0.3 is 0 Å². The van der Waals surface area contributed by atoms with Gasteiger partial charge in [-0.1, -0.05) is 46.3 Å². The van der Waals surface area contributed by atoms with Crippen LogP contribution in [0, 0.1) is 0 Å².